The third kappa shape index (κ3) is 2.94. The van der Waals surface area contributed by atoms with Crippen molar-refractivity contribution < 1.29 is 4.74 Å². The van der Waals surface area contributed by atoms with Gasteiger partial charge in [-0.05, 0) is 24.1 Å². The van der Waals surface area contributed by atoms with E-state index in [1.807, 2.05) is 24.4 Å². The van der Waals surface area contributed by atoms with Crippen molar-refractivity contribution in [1.29, 1.82) is 0 Å². The third-order valence-electron chi connectivity index (χ3n) is 2.98. The molecule has 0 unspecified atom stereocenters. The fourth-order valence-electron chi connectivity index (χ4n) is 1.99. The molecule has 0 fully saturated rings. The lowest BCUT2D eigenvalue weighted by atomic mass is 10.1. The van der Waals surface area contributed by atoms with Gasteiger partial charge >= 0.3 is 0 Å². The van der Waals surface area contributed by atoms with E-state index in [0.717, 1.165) is 22.5 Å². The Kier molecular flexibility index (Phi) is 3.43. The summed E-state index contributed by atoms with van der Waals surface area (Å²) in [7, 11) is 0. The summed E-state index contributed by atoms with van der Waals surface area (Å²) in [5.74, 6) is 1.50. The number of nitrogens with two attached hydrogens (primary N) is 1. The number of anilines is 1. The summed E-state index contributed by atoms with van der Waals surface area (Å²) in [6.45, 7) is 4.89. The van der Waals surface area contributed by atoms with Crippen LogP contribution in [0.25, 0.3) is 16.8 Å². The molecule has 0 atom stereocenters. The van der Waals surface area contributed by atoms with Crippen molar-refractivity contribution >= 4 is 11.6 Å². The van der Waals surface area contributed by atoms with Crippen LogP contribution in [-0.4, -0.2) is 26.2 Å². The Bertz CT molecular complexity index is 766. The number of rotatable bonds is 4. The number of fused-ring (bicyclic) bond motifs is 1. The summed E-state index contributed by atoms with van der Waals surface area (Å²) < 4.78 is 7.36. The Balaban J connectivity index is 1.92. The van der Waals surface area contributed by atoms with Gasteiger partial charge in [-0.1, -0.05) is 13.8 Å². The Morgan fingerprint density at radius 1 is 1.24 bits per heavy atom. The molecule has 0 aliphatic rings. The lowest BCUT2D eigenvalue weighted by Gasteiger charge is -2.09. The SMILES string of the molecule is CC(C)COc1cncc(-c2ccc3nc(N)nn3c2)c1. The van der Waals surface area contributed by atoms with Crippen molar-refractivity contribution in [3.8, 4) is 16.9 Å². The van der Waals surface area contributed by atoms with Crippen LogP contribution in [0.5, 0.6) is 5.75 Å². The van der Waals surface area contributed by atoms with Gasteiger partial charge in [0.1, 0.15) is 5.75 Å². The molecular formula is C15H17N5O. The number of aromatic nitrogens is 4. The second-order valence-corrected chi connectivity index (χ2v) is 5.30. The Morgan fingerprint density at radius 2 is 2.10 bits per heavy atom. The number of hydrogen-bond acceptors (Lipinski definition) is 5. The van der Waals surface area contributed by atoms with E-state index in [4.69, 9.17) is 10.5 Å². The molecule has 0 aromatic carbocycles. The first-order valence-corrected chi connectivity index (χ1v) is 6.82. The van der Waals surface area contributed by atoms with Gasteiger partial charge in [-0.15, -0.1) is 5.10 Å². The van der Waals surface area contributed by atoms with Gasteiger partial charge in [0.15, 0.2) is 5.65 Å². The van der Waals surface area contributed by atoms with E-state index in [1.54, 1.807) is 16.9 Å². The normalized spacial score (nSPS) is 11.2. The van der Waals surface area contributed by atoms with Gasteiger partial charge in [0.2, 0.25) is 5.95 Å². The van der Waals surface area contributed by atoms with E-state index in [9.17, 15) is 0 Å². The van der Waals surface area contributed by atoms with Crippen molar-refractivity contribution in [1.82, 2.24) is 19.6 Å². The van der Waals surface area contributed by atoms with E-state index in [-0.39, 0.29) is 5.95 Å². The molecule has 0 amide bonds. The highest BCUT2D eigenvalue weighted by Crippen LogP contribution is 2.23. The van der Waals surface area contributed by atoms with Gasteiger partial charge < -0.3 is 10.5 Å². The molecule has 3 aromatic rings. The largest absolute Gasteiger partial charge is 0.492 e. The summed E-state index contributed by atoms with van der Waals surface area (Å²) in [5, 5.41) is 4.11. The Hall–Kier alpha value is -2.63. The molecule has 3 heterocycles. The Morgan fingerprint density at radius 3 is 2.90 bits per heavy atom. The number of ether oxygens (including phenoxy) is 1. The summed E-state index contributed by atoms with van der Waals surface area (Å²) in [4.78, 5) is 8.33. The quantitative estimate of drug-likeness (QED) is 0.795. The number of nitrogen functional groups attached to an aromatic ring is 1. The fraction of sp³-hybridized carbons (Fsp3) is 0.267. The minimum Gasteiger partial charge on any atom is -0.492 e. The van der Waals surface area contributed by atoms with E-state index in [2.05, 4.69) is 28.9 Å². The predicted octanol–water partition coefficient (Wildman–Crippen LogP) is 2.41. The maximum absolute atomic E-state index is 5.70. The average molecular weight is 283 g/mol. The van der Waals surface area contributed by atoms with E-state index in [1.165, 1.54) is 0 Å². The molecule has 6 heteroatoms. The zero-order valence-electron chi connectivity index (χ0n) is 12.0. The second-order valence-electron chi connectivity index (χ2n) is 5.30. The number of pyridine rings is 2. The van der Waals surface area contributed by atoms with Crippen molar-refractivity contribution in [2.45, 2.75) is 13.8 Å². The molecule has 0 saturated heterocycles. The molecule has 0 aliphatic heterocycles. The lowest BCUT2D eigenvalue weighted by molar-refractivity contribution is 0.270. The second kappa shape index (κ2) is 5.40. The minimum absolute atomic E-state index is 0.263. The third-order valence-corrected chi connectivity index (χ3v) is 2.98. The summed E-state index contributed by atoms with van der Waals surface area (Å²) >= 11 is 0. The molecule has 21 heavy (non-hydrogen) atoms. The number of hydrogen-bond donors (Lipinski definition) is 1. The van der Waals surface area contributed by atoms with Gasteiger partial charge in [-0.25, -0.2) is 4.52 Å². The molecule has 3 rings (SSSR count). The van der Waals surface area contributed by atoms with Crippen LogP contribution < -0.4 is 10.5 Å². The van der Waals surface area contributed by atoms with Crippen LogP contribution in [0.4, 0.5) is 5.95 Å². The van der Waals surface area contributed by atoms with Crippen LogP contribution in [-0.2, 0) is 0 Å². The molecule has 3 aromatic heterocycles. The maximum Gasteiger partial charge on any atom is 0.240 e. The van der Waals surface area contributed by atoms with Crippen LogP contribution in [0.2, 0.25) is 0 Å². The highest BCUT2D eigenvalue weighted by atomic mass is 16.5. The molecule has 0 aliphatic carbocycles. The molecule has 6 nitrogen and oxygen atoms in total. The first-order chi connectivity index (χ1) is 10.1. The highest BCUT2D eigenvalue weighted by molar-refractivity contribution is 5.65. The zero-order valence-corrected chi connectivity index (χ0v) is 12.0. The van der Waals surface area contributed by atoms with Gasteiger partial charge in [0.05, 0.1) is 12.8 Å². The maximum atomic E-state index is 5.70. The van der Waals surface area contributed by atoms with Gasteiger partial charge in [-0.2, -0.15) is 4.98 Å². The lowest BCUT2D eigenvalue weighted by Crippen LogP contribution is -2.04. The topological polar surface area (TPSA) is 78.3 Å². The van der Waals surface area contributed by atoms with Crippen LogP contribution in [0.1, 0.15) is 13.8 Å². The first-order valence-electron chi connectivity index (χ1n) is 6.82. The minimum atomic E-state index is 0.263. The standard InChI is InChI=1S/C15H17N5O/c1-10(2)9-21-13-5-12(6-17-7-13)11-3-4-14-18-15(16)19-20(14)8-11/h3-8,10H,9H2,1-2H3,(H2,16,19). The molecule has 0 spiro atoms. The van der Waals surface area contributed by atoms with Gasteiger partial charge in [0, 0.05) is 23.5 Å². The van der Waals surface area contributed by atoms with Gasteiger partial charge in [-0.3, -0.25) is 4.98 Å². The van der Waals surface area contributed by atoms with Crippen molar-refractivity contribution in [2.24, 2.45) is 5.92 Å². The van der Waals surface area contributed by atoms with Crippen LogP contribution >= 0.6 is 0 Å². The molecule has 0 radical (unpaired) electrons. The molecule has 2 N–H and O–H groups in total. The predicted molar refractivity (Wildman–Crippen MR) is 81.0 cm³/mol. The van der Waals surface area contributed by atoms with Gasteiger partial charge in [0.25, 0.3) is 0 Å². The summed E-state index contributed by atoms with van der Waals surface area (Å²) in [6.07, 6.45) is 5.39. The first kappa shape index (κ1) is 13.4. The van der Waals surface area contributed by atoms with Crippen molar-refractivity contribution in [3.05, 3.63) is 36.8 Å². The van der Waals surface area contributed by atoms with Crippen molar-refractivity contribution in [2.75, 3.05) is 12.3 Å². The summed E-state index contributed by atoms with van der Waals surface area (Å²) in [6, 6.07) is 5.81. The average Bonchev–Trinajstić information content (AvgIpc) is 2.84. The number of nitrogens with zero attached hydrogens (tertiary/aromatic N) is 4. The molecule has 108 valence electrons. The van der Waals surface area contributed by atoms with E-state index < -0.39 is 0 Å². The highest BCUT2D eigenvalue weighted by Gasteiger charge is 2.05. The fourth-order valence-corrected chi connectivity index (χ4v) is 1.99. The smallest absolute Gasteiger partial charge is 0.240 e. The Labute approximate surface area is 122 Å². The molecule has 0 saturated carbocycles. The summed E-state index contributed by atoms with van der Waals surface area (Å²) in [5.41, 5.74) is 8.26. The van der Waals surface area contributed by atoms with Crippen molar-refractivity contribution in [3.63, 3.8) is 0 Å². The van der Waals surface area contributed by atoms with E-state index in [0.29, 0.717) is 12.5 Å². The van der Waals surface area contributed by atoms with Crippen LogP contribution in [0, 0.1) is 5.92 Å². The van der Waals surface area contributed by atoms with E-state index >= 15 is 0 Å². The zero-order chi connectivity index (χ0) is 14.8. The monoisotopic (exact) mass is 283 g/mol. The van der Waals surface area contributed by atoms with Crippen LogP contribution in [0.15, 0.2) is 36.8 Å². The molecular weight excluding hydrogens is 266 g/mol. The van der Waals surface area contributed by atoms with Crippen LogP contribution in [0.3, 0.4) is 0 Å². The molecule has 0 bridgehead atoms.